The molecule has 0 spiro atoms. The van der Waals surface area contributed by atoms with Crippen LogP contribution in [0.4, 0.5) is 5.69 Å². The van der Waals surface area contributed by atoms with Crippen LogP contribution in [-0.4, -0.2) is 22.1 Å². The van der Waals surface area contributed by atoms with Crippen LogP contribution in [0.15, 0.2) is 42.5 Å². The van der Waals surface area contributed by atoms with Gasteiger partial charge in [-0.05, 0) is 49.4 Å². The fourth-order valence-corrected chi connectivity index (χ4v) is 2.59. The molecule has 0 unspecified atom stereocenters. The summed E-state index contributed by atoms with van der Waals surface area (Å²) in [7, 11) is 0. The summed E-state index contributed by atoms with van der Waals surface area (Å²) in [6.45, 7) is 2.29. The number of ether oxygens (including phenoxy) is 2. The zero-order chi connectivity index (χ0) is 18.5. The normalized spacial score (nSPS) is 10.5. The molecule has 0 saturated heterocycles. The topological polar surface area (TPSA) is 103 Å². The Bertz CT molecular complexity index is 971. The highest BCUT2D eigenvalue weighted by Gasteiger charge is 2.15. The van der Waals surface area contributed by atoms with Crippen molar-refractivity contribution in [1.82, 2.24) is 9.55 Å². The van der Waals surface area contributed by atoms with Gasteiger partial charge in [-0.1, -0.05) is 0 Å². The molecule has 3 aromatic rings. The lowest BCUT2D eigenvalue weighted by atomic mass is 10.2. The Morgan fingerprint density at radius 1 is 1.27 bits per heavy atom. The Kier molecular flexibility index (Phi) is 5.04. The van der Waals surface area contributed by atoms with E-state index in [0.717, 1.165) is 5.52 Å². The first-order chi connectivity index (χ1) is 12.6. The molecule has 2 N–H and O–H groups in total. The Morgan fingerprint density at radius 2 is 2.04 bits per heavy atom. The van der Waals surface area contributed by atoms with Crippen molar-refractivity contribution in [3.8, 4) is 11.8 Å². The third kappa shape index (κ3) is 3.75. The van der Waals surface area contributed by atoms with Crippen LogP contribution in [0.3, 0.4) is 0 Å². The van der Waals surface area contributed by atoms with Gasteiger partial charge in [-0.3, -0.25) is 4.79 Å². The summed E-state index contributed by atoms with van der Waals surface area (Å²) < 4.78 is 12.6. The van der Waals surface area contributed by atoms with Gasteiger partial charge in [0.2, 0.25) is 0 Å². The second-order valence-corrected chi connectivity index (χ2v) is 5.59. The second kappa shape index (κ2) is 7.57. The van der Waals surface area contributed by atoms with E-state index in [2.05, 4.69) is 11.1 Å². The Morgan fingerprint density at radius 3 is 2.73 bits per heavy atom. The molecular formula is C19H18N4O3. The predicted octanol–water partition coefficient (Wildman–Crippen LogP) is 2.63. The fraction of sp³-hybridized carbons (Fsp3) is 0.211. The van der Waals surface area contributed by atoms with Crippen LogP contribution in [0.2, 0.25) is 0 Å². The molecule has 0 aliphatic rings. The minimum Gasteiger partial charge on any atom is -0.486 e. The maximum Gasteiger partial charge on any atom is 0.326 e. The van der Waals surface area contributed by atoms with Crippen LogP contribution < -0.4 is 10.5 Å². The average Bonchev–Trinajstić information content (AvgIpc) is 2.97. The lowest BCUT2D eigenvalue weighted by molar-refractivity contribution is -0.143. The monoisotopic (exact) mass is 350 g/mol. The molecule has 7 heteroatoms. The van der Waals surface area contributed by atoms with E-state index in [1.807, 2.05) is 6.07 Å². The highest BCUT2D eigenvalue weighted by atomic mass is 16.5. The number of esters is 1. The number of anilines is 1. The molecule has 0 saturated carbocycles. The molecule has 1 aromatic heterocycles. The number of nitrogen functional groups attached to an aromatic ring is 1. The molecule has 0 aliphatic carbocycles. The lowest BCUT2D eigenvalue weighted by Crippen LogP contribution is -2.16. The molecule has 132 valence electrons. The summed E-state index contributed by atoms with van der Waals surface area (Å²) >= 11 is 0. The van der Waals surface area contributed by atoms with E-state index in [0.29, 0.717) is 34.9 Å². The van der Waals surface area contributed by atoms with Gasteiger partial charge in [-0.25, -0.2) is 4.98 Å². The molecule has 0 atom stereocenters. The van der Waals surface area contributed by atoms with Gasteiger partial charge in [-0.15, -0.1) is 0 Å². The number of imidazole rings is 1. The number of benzene rings is 2. The van der Waals surface area contributed by atoms with E-state index in [1.165, 1.54) is 0 Å². The maximum atomic E-state index is 12.0. The van der Waals surface area contributed by atoms with Crippen LogP contribution in [-0.2, 0) is 22.7 Å². The lowest BCUT2D eigenvalue weighted by Gasteiger charge is -2.10. The minimum absolute atomic E-state index is 0.0420. The smallest absolute Gasteiger partial charge is 0.326 e. The third-order valence-corrected chi connectivity index (χ3v) is 3.80. The summed E-state index contributed by atoms with van der Waals surface area (Å²) in [6.07, 6.45) is 0. The standard InChI is InChI=1S/C19H18N4O3/c1-2-25-19(24)11-23-17-8-5-14(21)9-16(17)22-18(23)12-26-15-6-3-13(10-20)4-7-15/h3-9H,2,11-12,21H2,1H3. The van der Waals surface area contributed by atoms with Crippen molar-refractivity contribution < 1.29 is 14.3 Å². The number of hydrogen-bond donors (Lipinski definition) is 1. The fourth-order valence-electron chi connectivity index (χ4n) is 2.59. The highest BCUT2D eigenvalue weighted by molar-refractivity contribution is 5.81. The van der Waals surface area contributed by atoms with E-state index in [4.69, 9.17) is 20.5 Å². The highest BCUT2D eigenvalue weighted by Crippen LogP contribution is 2.21. The van der Waals surface area contributed by atoms with Gasteiger partial charge in [0.05, 0.1) is 29.3 Å². The van der Waals surface area contributed by atoms with E-state index >= 15 is 0 Å². The van der Waals surface area contributed by atoms with E-state index in [-0.39, 0.29) is 19.1 Å². The van der Waals surface area contributed by atoms with Crippen molar-refractivity contribution in [3.05, 3.63) is 53.9 Å². The Balaban J connectivity index is 1.87. The van der Waals surface area contributed by atoms with Crippen molar-refractivity contribution in [2.75, 3.05) is 12.3 Å². The summed E-state index contributed by atoms with van der Waals surface area (Å²) in [5.41, 5.74) is 8.45. The quantitative estimate of drug-likeness (QED) is 0.541. The first-order valence-electron chi connectivity index (χ1n) is 8.14. The molecule has 7 nitrogen and oxygen atoms in total. The molecule has 0 bridgehead atoms. The van der Waals surface area contributed by atoms with Gasteiger partial charge < -0.3 is 19.8 Å². The minimum atomic E-state index is -0.344. The number of nitrogens with two attached hydrogens (primary N) is 1. The number of nitriles is 1. The van der Waals surface area contributed by atoms with E-state index < -0.39 is 0 Å². The van der Waals surface area contributed by atoms with E-state index in [1.54, 1.807) is 47.9 Å². The van der Waals surface area contributed by atoms with Gasteiger partial charge in [0.1, 0.15) is 24.7 Å². The molecule has 0 amide bonds. The molecule has 2 aromatic carbocycles. The van der Waals surface area contributed by atoms with Gasteiger partial charge in [0.25, 0.3) is 0 Å². The zero-order valence-electron chi connectivity index (χ0n) is 14.3. The molecular weight excluding hydrogens is 332 g/mol. The Labute approximate surface area is 150 Å². The van der Waals surface area contributed by atoms with Crippen molar-refractivity contribution in [2.45, 2.75) is 20.1 Å². The first kappa shape index (κ1) is 17.3. The average molecular weight is 350 g/mol. The number of nitrogens with zero attached hydrogens (tertiary/aromatic N) is 3. The van der Waals surface area contributed by atoms with Gasteiger partial charge in [-0.2, -0.15) is 5.26 Å². The van der Waals surface area contributed by atoms with Crippen molar-refractivity contribution >= 4 is 22.7 Å². The molecule has 1 heterocycles. The van der Waals surface area contributed by atoms with Crippen LogP contribution in [0.5, 0.6) is 5.75 Å². The van der Waals surface area contributed by atoms with Crippen molar-refractivity contribution in [3.63, 3.8) is 0 Å². The maximum absolute atomic E-state index is 12.0. The third-order valence-electron chi connectivity index (χ3n) is 3.80. The molecule has 0 fully saturated rings. The van der Waals surface area contributed by atoms with Crippen LogP contribution >= 0.6 is 0 Å². The zero-order valence-corrected chi connectivity index (χ0v) is 14.3. The van der Waals surface area contributed by atoms with Crippen LogP contribution in [0.25, 0.3) is 11.0 Å². The molecule has 3 rings (SSSR count). The van der Waals surface area contributed by atoms with E-state index in [9.17, 15) is 4.79 Å². The number of aromatic nitrogens is 2. The number of hydrogen-bond acceptors (Lipinski definition) is 6. The number of carbonyl (C=O) groups is 1. The Hall–Kier alpha value is -3.53. The van der Waals surface area contributed by atoms with Gasteiger partial charge >= 0.3 is 5.97 Å². The van der Waals surface area contributed by atoms with Crippen LogP contribution in [0.1, 0.15) is 18.3 Å². The molecule has 0 aliphatic heterocycles. The second-order valence-electron chi connectivity index (χ2n) is 5.59. The summed E-state index contributed by atoms with van der Waals surface area (Å²) in [6, 6.07) is 14.2. The SMILES string of the molecule is CCOC(=O)Cn1c(COc2ccc(C#N)cc2)nc2cc(N)ccc21. The summed E-state index contributed by atoms with van der Waals surface area (Å²) in [5.74, 6) is 0.851. The summed E-state index contributed by atoms with van der Waals surface area (Å²) in [5, 5.41) is 8.85. The first-order valence-corrected chi connectivity index (χ1v) is 8.14. The number of carbonyl (C=O) groups excluding carboxylic acids is 1. The van der Waals surface area contributed by atoms with Crippen molar-refractivity contribution in [2.24, 2.45) is 0 Å². The van der Waals surface area contributed by atoms with Gasteiger partial charge in [0.15, 0.2) is 0 Å². The summed E-state index contributed by atoms with van der Waals surface area (Å²) in [4.78, 5) is 16.5. The number of fused-ring (bicyclic) bond motifs is 1. The van der Waals surface area contributed by atoms with Crippen LogP contribution in [0, 0.1) is 11.3 Å². The predicted molar refractivity (Wildman–Crippen MR) is 96.3 cm³/mol. The number of rotatable bonds is 6. The molecule has 26 heavy (non-hydrogen) atoms. The molecule has 0 radical (unpaired) electrons. The van der Waals surface area contributed by atoms with Crippen molar-refractivity contribution in [1.29, 1.82) is 5.26 Å². The largest absolute Gasteiger partial charge is 0.486 e. The van der Waals surface area contributed by atoms with Gasteiger partial charge in [0, 0.05) is 5.69 Å².